The highest BCUT2D eigenvalue weighted by Crippen LogP contribution is 2.29. The normalized spacial score (nSPS) is 12.0. The standard InChI is InChI=1S/C17H16BrN3O3/c1-21-10-9-19-16(21)15(11-5-3-4-6-12(11)23-2)20-17(22)13-7-8-14(18)24-13/h3-10,15H,1-2H3,(H,20,22). The van der Waals surface area contributed by atoms with Crippen molar-refractivity contribution in [1.82, 2.24) is 14.9 Å². The first-order valence-electron chi connectivity index (χ1n) is 7.26. The first-order chi connectivity index (χ1) is 11.6. The van der Waals surface area contributed by atoms with Crippen LogP contribution >= 0.6 is 15.9 Å². The number of carbonyl (C=O) groups excluding carboxylic acids is 1. The van der Waals surface area contributed by atoms with Gasteiger partial charge in [0.1, 0.15) is 17.6 Å². The van der Waals surface area contributed by atoms with Gasteiger partial charge >= 0.3 is 0 Å². The first-order valence-corrected chi connectivity index (χ1v) is 8.05. The minimum atomic E-state index is -0.475. The number of aromatic nitrogens is 2. The zero-order valence-electron chi connectivity index (χ0n) is 13.2. The topological polar surface area (TPSA) is 69.3 Å². The van der Waals surface area contributed by atoms with Gasteiger partial charge in [0, 0.05) is 25.0 Å². The van der Waals surface area contributed by atoms with Crippen LogP contribution in [0.1, 0.15) is 28.0 Å². The Morgan fingerprint density at radius 2 is 2.12 bits per heavy atom. The lowest BCUT2D eigenvalue weighted by atomic mass is 10.0. The number of hydrogen-bond donors (Lipinski definition) is 1. The quantitative estimate of drug-likeness (QED) is 0.726. The molecule has 6 nitrogen and oxygen atoms in total. The molecule has 124 valence electrons. The van der Waals surface area contributed by atoms with Crippen molar-refractivity contribution in [1.29, 1.82) is 0 Å². The summed E-state index contributed by atoms with van der Waals surface area (Å²) < 4.78 is 13.1. The monoisotopic (exact) mass is 389 g/mol. The Balaban J connectivity index is 2.00. The zero-order chi connectivity index (χ0) is 17.1. The SMILES string of the molecule is COc1ccccc1C(NC(=O)c1ccc(Br)o1)c1nccn1C. The van der Waals surface area contributed by atoms with Crippen LogP contribution in [0, 0.1) is 0 Å². The highest BCUT2D eigenvalue weighted by Gasteiger charge is 2.25. The van der Waals surface area contributed by atoms with Crippen molar-refractivity contribution in [2.24, 2.45) is 7.05 Å². The van der Waals surface area contributed by atoms with Gasteiger partial charge in [-0.15, -0.1) is 0 Å². The first kappa shape index (κ1) is 16.3. The van der Waals surface area contributed by atoms with Crippen molar-refractivity contribution in [3.8, 4) is 5.75 Å². The molecule has 24 heavy (non-hydrogen) atoms. The number of hydrogen-bond acceptors (Lipinski definition) is 4. The summed E-state index contributed by atoms with van der Waals surface area (Å²) in [5, 5.41) is 2.96. The molecule has 0 saturated heterocycles. The predicted molar refractivity (Wildman–Crippen MR) is 91.9 cm³/mol. The van der Waals surface area contributed by atoms with Crippen molar-refractivity contribution >= 4 is 21.8 Å². The number of nitrogens with one attached hydrogen (secondary N) is 1. The number of benzene rings is 1. The molecule has 0 aliphatic heterocycles. The number of carbonyl (C=O) groups is 1. The highest BCUT2D eigenvalue weighted by atomic mass is 79.9. The maximum atomic E-state index is 12.5. The largest absolute Gasteiger partial charge is 0.496 e. The van der Waals surface area contributed by atoms with Crippen LogP contribution < -0.4 is 10.1 Å². The molecule has 0 radical (unpaired) electrons. The Hall–Kier alpha value is -2.54. The van der Waals surface area contributed by atoms with Gasteiger partial charge in [-0.25, -0.2) is 4.98 Å². The Morgan fingerprint density at radius 3 is 2.75 bits per heavy atom. The number of ether oxygens (including phenoxy) is 1. The second-order valence-corrected chi connectivity index (χ2v) is 5.93. The maximum absolute atomic E-state index is 12.5. The number of amides is 1. The van der Waals surface area contributed by atoms with E-state index in [1.807, 2.05) is 42.1 Å². The fraction of sp³-hybridized carbons (Fsp3) is 0.176. The van der Waals surface area contributed by atoms with E-state index in [0.29, 0.717) is 16.2 Å². The minimum absolute atomic E-state index is 0.219. The molecular weight excluding hydrogens is 374 g/mol. The smallest absolute Gasteiger partial charge is 0.287 e. The Bertz CT molecular complexity index is 856. The van der Waals surface area contributed by atoms with E-state index in [2.05, 4.69) is 26.2 Å². The molecule has 1 aromatic carbocycles. The van der Waals surface area contributed by atoms with Crippen LogP contribution in [0.2, 0.25) is 0 Å². The van der Waals surface area contributed by atoms with Gasteiger partial charge in [-0.2, -0.15) is 0 Å². The van der Waals surface area contributed by atoms with E-state index in [4.69, 9.17) is 9.15 Å². The number of imidazole rings is 1. The molecule has 7 heteroatoms. The van der Waals surface area contributed by atoms with E-state index in [1.54, 1.807) is 25.4 Å². The number of aryl methyl sites for hydroxylation is 1. The molecule has 0 fully saturated rings. The molecule has 0 spiro atoms. The molecule has 3 aromatic rings. The Morgan fingerprint density at radius 1 is 1.33 bits per heavy atom. The lowest BCUT2D eigenvalue weighted by molar-refractivity contribution is 0.0911. The molecular formula is C17H16BrN3O3. The number of methoxy groups -OCH3 is 1. The maximum Gasteiger partial charge on any atom is 0.287 e. The molecule has 0 saturated carbocycles. The van der Waals surface area contributed by atoms with E-state index in [0.717, 1.165) is 5.56 Å². The molecule has 0 aliphatic rings. The summed E-state index contributed by atoms with van der Waals surface area (Å²) in [4.78, 5) is 16.9. The number of furan rings is 1. The minimum Gasteiger partial charge on any atom is -0.496 e. The van der Waals surface area contributed by atoms with E-state index in [1.165, 1.54) is 0 Å². The van der Waals surface area contributed by atoms with Crippen LogP contribution in [-0.4, -0.2) is 22.6 Å². The summed E-state index contributed by atoms with van der Waals surface area (Å²) in [7, 11) is 3.47. The van der Waals surface area contributed by atoms with Gasteiger partial charge in [-0.3, -0.25) is 4.79 Å². The van der Waals surface area contributed by atoms with Crippen molar-refractivity contribution in [2.75, 3.05) is 7.11 Å². The van der Waals surface area contributed by atoms with Gasteiger partial charge in [-0.1, -0.05) is 18.2 Å². The van der Waals surface area contributed by atoms with Crippen LogP contribution in [0.5, 0.6) is 5.75 Å². The molecule has 2 aromatic heterocycles. The van der Waals surface area contributed by atoms with Gasteiger partial charge in [-0.05, 0) is 34.1 Å². The number of rotatable bonds is 5. The third-order valence-corrected chi connectivity index (χ3v) is 4.07. The molecule has 0 aliphatic carbocycles. The summed E-state index contributed by atoms with van der Waals surface area (Å²) in [6.45, 7) is 0. The second-order valence-electron chi connectivity index (χ2n) is 5.15. The van der Waals surface area contributed by atoms with Gasteiger partial charge < -0.3 is 19.0 Å². The molecule has 1 atom stereocenters. The van der Waals surface area contributed by atoms with Gasteiger partial charge in [0.25, 0.3) is 5.91 Å². The van der Waals surface area contributed by atoms with Crippen LogP contribution in [0.3, 0.4) is 0 Å². The summed E-state index contributed by atoms with van der Waals surface area (Å²) >= 11 is 3.20. The fourth-order valence-electron chi connectivity index (χ4n) is 2.48. The Kier molecular flexibility index (Phi) is 4.71. The van der Waals surface area contributed by atoms with Crippen molar-refractivity contribution in [3.63, 3.8) is 0 Å². The molecule has 0 bridgehead atoms. The van der Waals surface area contributed by atoms with E-state index < -0.39 is 6.04 Å². The van der Waals surface area contributed by atoms with Gasteiger partial charge in [0.05, 0.1) is 7.11 Å². The second kappa shape index (κ2) is 6.92. The van der Waals surface area contributed by atoms with Crippen LogP contribution in [0.25, 0.3) is 0 Å². The zero-order valence-corrected chi connectivity index (χ0v) is 14.8. The number of para-hydroxylation sites is 1. The van der Waals surface area contributed by atoms with Gasteiger partial charge in [0.2, 0.25) is 0 Å². The molecule has 1 N–H and O–H groups in total. The number of halogens is 1. The van der Waals surface area contributed by atoms with Crippen LogP contribution in [-0.2, 0) is 7.05 Å². The third kappa shape index (κ3) is 3.21. The molecule has 1 amide bonds. The Labute approximate surface area is 147 Å². The summed E-state index contributed by atoms with van der Waals surface area (Å²) in [5.74, 6) is 1.25. The average Bonchev–Trinajstić information content (AvgIpc) is 3.21. The number of nitrogens with zero attached hydrogens (tertiary/aromatic N) is 2. The lowest BCUT2D eigenvalue weighted by Gasteiger charge is -2.20. The van der Waals surface area contributed by atoms with Crippen molar-refractivity contribution < 1.29 is 13.9 Å². The van der Waals surface area contributed by atoms with E-state index in [-0.39, 0.29) is 11.7 Å². The van der Waals surface area contributed by atoms with E-state index in [9.17, 15) is 4.79 Å². The van der Waals surface area contributed by atoms with Crippen LogP contribution in [0.15, 0.2) is 57.9 Å². The highest BCUT2D eigenvalue weighted by molar-refractivity contribution is 9.10. The van der Waals surface area contributed by atoms with Crippen molar-refractivity contribution in [2.45, 2.75) is 6.04 Å². The average molecular weight is 390 g/mol. The van der Waals surface area contributed by atoms with Crippen molar-refractivity contribution in [3.05, 3.63) is 70.6 Å². The summed E-state index contributed by atoms with van der Waals surface area (Å²) in [6, 6.07) is 10.3. The molecule has 1 unspecified atom stereocenters. The third-order valence-electron chi connectivity index (χ3n) is 3.64. The molecule has 2 heterocycles. The van der Waals surface area contributed by atoms with E-state index >= 15 is 0 Å². The fourth-order valence-corrected chi connectivity index (χ4v) is 2.79. The van der Waals surface area contributed by atoms with Crippen LogP contribution in [0.4, 0.5) is 0 Å². The summed E-state index contributed by atoms with van der Waals surface area (Å²) in [5.41, 5.74) is 0.813. The summed E-state index contributed by atoms with van der Waals surface area (Å²) in [6.07, 6.45) is 3.51. The van der Waals surface area contributed by atoms with Gasteiger partial charge in [0.15, 0.2) is 10.4 Å². The lowest BCUT2D eigenvalue weighted by Crippen LogP contribution is -2.31. The molecule has 3 rings (SSSR count). The predicted octanol–water partition coefficient (Wildman–Crippen LogP) is 3.30.